The number of rotatable bonds is 1. The molecule has 2 heterocycles. The van der Waals surface area contributed by atoms with Gasteiger partial charge in [-0.3, -0.25) is 0 Å². The number of thiazole rings is 1. The highest BCUT2D eigenvalue weighted by Crippen LogP contribution is 2.52. The molecule has 4 heteroatoms. The molecule has 0 spiro atoms. The molecule has 2 N–H and O–H groups in total. The van der Waals surface area contributed by atoms with Crippen LogP contribution in [0.5, 0.6) is 0 Å². The van der Waals surface area contributed by atoms with Crippen molar-refractivity contribution in [3.8, 4) is 10.6 Å². The van der Waals surface area contributed by atoms with E-state index in [0.29, 0.717) is 0 Å². The number of nitrogen functional groups attached to an aromatic ring is 1. The van der Waals surface area contributed by atoms with Gasteiger partial charge in [-0.05, 0) is 36.0 Å². The zero-order valence-electron chi connectivity index (χ0n) is 11.6. The van der Waals surface area contributed by atoms with Gasteiger partial charge in [0.1, 0.15) is 5.01 Å². The molecule has 102 valence electrons. The molecule has 0 fully saturated rings. The van der Waals surface area contributed by atoms with Crippen LogP contribution < -0.4 is 5.73 Å². The maximum absolute atomic E-state index is 6.31. The summed E-state index contributed by atoms with van der Waals surface area (Å²) in [7, 11) is 0. The predicted molar refractivity (Wildman–Crippen MR) is 88.7 cm³/mol. The second-order valence-corrected chi connectivity index (χ2v) is 8.18. The van der Waals surface area contributed by atoms with Crippen LogP contribution in [-0.4, -0.2) is 4.98 Å². The van der Waals surface area contributed by atoms with E-state index in [9.17, 15) is 0 Å². The van der Waals surface area contributed by atoms with Crippen LogP contribution in [0.1, 0.15) is 30.7 Å². The highest BCUT2D eigenvalue weighted by molar-refractivity contribution is 7.22. The number of anilines is 1. The molecule has 0 aliphatic heterocycles. The largest absolute Gasteiger partial charge is 0.390 e. The lowest BCUT2D eigenvalue weighted by molar-refractivity contribution is 0.523. The Morgan fingerprint density at radius 3 is 2.80 bits per heavy atom. The second-order valence-electron chi connectivity index (χ2n) is 6.01. The predicted octanol–water partition coefficient (Wildman–Crippen LogP) is 4.83. The van der Waals surface area contributed by atoms with Gasteiger partial charge in [-0.15, -0.1) is 22.7 Å². The number of aromatic nitrogens is 1. The Hall–Kier alpha value is -1.39. The first-order valence-electron chi connectivity index (χ1n) is 6.84. The third-order valence-electron chi connectivity index (χ3n) is 4.17. The zero-order chi connectivity index (χ0) is 13.9. The maximum atomic E-state index is 6.31. The Balaban J connectivity index is 1.99. The van der Waals surface area contributed by atoms with Crippen molar-refractivity contribution in [2.45, 2.75) is 32.1 Å². The summed E-state index contributed by atoms with van der Waals surface area (Å²) >= 11 is 3.51. The lowest BCUT2D eigenvalue weighted by atomic mass is 9.85. The monoisotopic (exact) mass is 300 g/mol. The number of para-hydroxylation sites is 1. The van der Waals surface area contributed by atoms with E-state index >= 15 is 0 Å². The Labute approximate surface area is 126 Å². The summed E-state index contributed by atoms with van der Waals surface area (Å²) in [5, 5.41) is 2.01. The van der Waals surface area contributed by atoms with Gasteiger partial charge < -0.3 is 5.73 Å². The summed E-state index contributed by atoms with van der Waals surface area (Å²) in [6.45, 7) is 4.64. The van der Waals surface area contributed by atoms with Gasteiger partial charge in [-0.2, -0.15) is 0 Å². The number of aryl methyl sites for hydroxylation is 1. The minimum absolute atomic E-state index is 0.219. The van der Waals surface area contributed by atoms with Crippen LogP contribution in [0.3, 0.4) is 0 Å². The fraction of sp³-hybridized carbons (Fsp3) is 0.312. The molecule has 2 nitrogen and oxygen atoms in total. The smallest absolute Gasteiger partial charge is 0.127 e. The van der Waals surface area contributed by atoms with Crippen molar-refractivity contribution in [3.05, 3.63) is 34.7 Å². The van der Waals surface area contributed by atoms with Gasteiger partial charge in [0.2, 0.25) is 0 Å². The van der Waals surface area contributed by atoms with Crippen LogP contribution in [0.2, 0.25) is 0 Å². The summed E-state index contributed by atoms with van der Waals surface area (Å²) < 4.78 is 1.23. The van der Waals surface area contributed by atoms with Crippen molar-refractivity contribution >= 4 is 37.9 Å². The Bertz CT molecular complexity index is 778. The second kappa shape index (κ2) is 4.06. The van der Waals surface area contributed by atoms with Crippen molar-refractivity contribution < 1.29 is 0 Å². The summed E-state index contributed by atoms with van der Waals surface area (Å²) in [5.74, 6) is 0. The molecule has 20 heavy (non-hydrogen) atoms. The highest BCUT2D eigenvalue weighted by atomic mass is 32.1. The molecule has 0 bridgehead atoms. The molecule has 2 aromatic heterocycles. The number of hydrogen-bond donors (Lipinski definition) is 1. The fourth-order valence-corrected chi connectivity index (χ4v) is 5.48. The summed E-state index contributed by atoms with van der Waals surface area (Å²) in [4.78, 5) is 6.26. The molecule has 1 aliphatic carbocycles. The van der Waals surface area contributed by atoms with Crippen molar-refractivity contribution in [3.63, 3.8) is 0 Å². The van der Waals surface area contributed by atoms with E-state index < -0.39 is 0 Å². The van der Waals surface area contributed by atoms with Gasteiger partial charge in [0, 0.05) is 10.4 Å². The molecule has 0 radical (unpaired) electrons. The molecule has 1 aliphatic rings. The van der Waals surface area contributed by atoms with Crippen molar-refractivity contribution in [1.82, 2.24) is 4.98 Å². The van der Waals surface area contributed by atoms with Gasteiger partial charge in [0.15, 0.2) is 0 Å². The molecule has 0 atom stereocenters. The highest BCUT2D eigenvalue weighted by Gasteiger charge is 2.36. The quantitative estimate of drug-likeness (QED) is 0.699. The number of benzene rings is 1. The van der Waals surface area contributed by atoms with Crippen molar-refractivity contribution in [2.75, 3.05) is 5.73 Å². The van der Waals surface area contributed by atoms with Crippen LogP contribution >= 0.6 is 22.7 Å². The van der Waals surface area contributed by atoms with Crippen molar-refractivity contribution in [1.29, 1.82) is 0 Å². The fourth-order valence-electron chi connectivity index (χ4n) is 3.13. The number of hydrogen-bond acceptors (Lipinski definition) is 4. The van der Waals surface area contributed by atoms with E-state index in [0.717, 1.165) is 21.9 Å². The number of fused-ring (bicyclic) bond motifs is 2. The van der Waals surface area contributed by atoms with Crippen LogP contribution in [0.25, 0.3) is 20.8 Å². The molecular formula is C16H16N2S2. The number of nitrogens with two attached hydrogens (primary N) is 1. The standard InChI is InChI=1S/C16H16N2S2/c1-16(2)8-7-11-13(16)12(14(17)19-11)15-18-9-5-3-4-6-10(9)20-15/h3-6H,7-8,17H2,1-2H3. The van der Waals surface area contributed by atoms with E-state index in [1.807, 2.05) is 6.07 Å². The molecule has 0 amide bonds. The lowest BCUT2D eigenvalue weighted by Crippen LogP contribution is -2.12. The zero-order valence-corrected chi connectivity index (χ0v) is 13.2. The average molecular weight is 300 g/mol. The van der Waals surface area contributed by atoms with Gasteiger partial charge in [-0.25, -0.2) is 4.98 Å². The van der Waals surface area contributed by atoms with Gasteiger partial charge in [0.05, 0.1) is 15.2 Å². The number of thiophene rings is 1. The first kappa shape index (κ1) is 12.4. The van der Waals surface area contributed by atoms with E-state index in [1.54, 1.807) is 22.7 Å². The summed E-state index contributed by atoms with van der Waals surface area (Å²) in [6, 6.07) is 8.31. The SMILES string of the molecule is CC1(C)CCc2sc(N)c(-c3nc4ccccc4s3)c21. The normalized spacial score (nSPS) is 16.7. The number of nitrogens with zero attached hydrogens (tertiary/aromatic N) is 1. The van der Waals surface area contributed by atoms with Crippen LogP contribution in [-0.2, 0) is 11.8 Å². The minimum atomic E-state index is 0.219. The third kappa shape index (κ3) is 1.64. The van der Waals surface area contributed by atoms with Gasteiger partial charge in [0.25, 0.3) is 0 Å². The molecule has 0 saturated carbocycles. The van der Waals surface area contributed by atoms with Gasteiger partial charge in [-0.1, -0.05) is 26.0 Å². The molecule has 3 aromatic rings. The Morgan fingerprint density at radius 2 is 2.00 bits per heavy atom. The van der Waals surface area contributed by atoms with E-state index in [2.05, 4.69) is 32.0 Å². The van der Waals surface area contributed by atoms with E-state index in [-0.39, 0.29) is 5.41 Å². The van der Waals surface area contributed by atoms with E-state index in [4.69, 9.17) is 10.7 Å². The topological polar surface area (TPSA) is 38.9 Å². The maximum Gasteiger partial charge on any atom is 0.127 e. The first-order valence-corrected chi connectivity index (χ1v) is 8.47. The molecule has 1 aromatic carbocycles. The average Bonchev–Trinajstić information content (AvgIpc) is 3.03. The third-order valence-corrected chi connectivity index (χ3v) is 6.30. The minimum Gasteiger partial charge on any atom is -0.390 e. The summed E-state index contributed by atoms with van der Waals surface area (Å²) in [5.41, 5.74) is 10.2. The van der Waals surface area contributed by atoms with Crippen LogP contribution in [0.15, 0.2) is 24.3 Å². The van der Waals surface area contributed by atoms with Crippen molar-refractivity contribution in [2.24, 2.45) is 0 Å². The molecule has 4 rings (SSSR count). The first-order chi connectivity index (χ1) is 9.56. The van der Waals surface area contributed by atoms with E-state index in [1.165, 1.54) is 27.1 Å². The summed E-state index contributed by atoms with van der Waals surface area (Å²) in [6.07, 6.45) is 2.37. The molecule has 0 saturated heterocycles. The van der Waals surface area contributed by atoms with Gasteiger partial charge >= 0.3 is 0 Å². The van der Waals surface area contributed by atoms with Crippen LogP contribution in [0.4, 0.5) is 5.00 Å². The Morgan fingerprint density at radius 1 is 1.20 bits per heavy atom. The van der Waals surface area contributed by atoms with Crippen LogP contribution in [0, 0.1) is 0 Å². The Kier molecular flexibility index (Phi) is 2.51. The molecular weight excluding hydrogens is 284 g/mol. The molecule has 0 unspecified atom stereocenters. The lowest BCUT2D eigenvalue weighted by Gasteiger charge is -2.19.